The van der Waals surface area contributed by atoms with Crippen molar-refractivity contribution in [1.29, 1.82) is 0 Å². The number of carbonyl (C=O) groups excluding carboxylic acids is 2. The van der Waals surface area contributed by atoms with E-state index in [1.54, 1.807) is 11.2 Å². The third-order valence-corrected chi connectivity index (χ3v) is 9.14. The van der Waals surface area contributed by atoms with Crippen LogP contribution in [0.2, 0.25) is 0 Å². The van der Waals surface area contributed by atoms with Gasteiger partial charge in [0.25, 0.3) is 0 Å². The summed E-state index contributed by atoms with van der Waals surface area (Å²) in [6.45, 7) is 1.83. The van der Waals surface area contributed by atoms with Crippen molar-refractivity contribution < 1.29 is 24.2 Å². The number of amides is 2. The summed E-state index contributed by atoms with van der Waals surface area (Å²) in [6, 6.07) is 19.0. The Bertz CT molecular complexity index is 1490. The van der Waals surface area contributed by atoms with Gasteiger partial charge in [-0.25, -0.2) is 19.6 Å². The first-order valence-corrected chi connectivity index (χ1v) is 14.7. The molecule has 11 nitrogen and oxygen atoms in total. The second kappa shape index (κ2) is 11.1. The average Bonchev–Trinajstić information content (AvgIpc) is 3.39. The number of ether oxygens (including phenoxy) is 1. The Hall–Kier alpha value is -4.04. The maximum Gasteiger partial charge on any atom is 0.431 e. The van der Waals surface area contributed by atoms with E-state index in [0.29, 0.717) is 22.1 Å². The Labute approximate surface area is 244 Å². The molecule has 1 saturated heterocycles. The molecule has 0 radical (unpaired) electrons. The highest BCUT2D eigenvalue weighted by Crippen LogP contribution is 2.44. The molecule has 6 rings (SSSR count). The Morgan fingerprint density at radius 1 is 1.17 bits per heavy atom. The quantitative estimate of drug-likeness (QED) is 0.409. The van der Waals surface area contributed by atoms with E-state index in [0.717, 1.165) is 11.1 Å². The summed E-state index contributed by atoms with van der Waals surface area (Å²) in [4.78, 5) is 43.5. The SMILES string of the molecule is CC1=NC2=CN(C(=O)OC(c3ccccc3)c3ccccc3)NN2C(SCC2=C(C(=O)O)N3C(=O)CC3SC2N)=C1. The molecule has 13 heteroatoms. The van der Waals surface area contributed by atoms with Crippen LogP contribution in [0.3, 0.4) is 0 Å². The van der Waals surface area contributed by atoms with Crippen LogP contribution in [0.4, 0.5) is 4.79 Å². The van der Waals surface area contributed by atoms with Crippen molar-refractivity contribution in [3.63, 3.8) is 0 Å². The number of nitrogens with zero attached hydrogens (tertiary/aromatic N) is 4. The number of fused-ring (bicyclic) bond motifs is 2. The van der Waals surface area contributed by atoms with Crippen molar-refractivity contribution in [2.24, 2.45) is 10.7 Å². The van der Waals surface area contributed by atoms with Crippen molar-refractivity contribution >= 4 is 47.2 Å². The molecule has 4 aliphatic heterocycles. The predicted octanol–water partition coefficient (Wildman–Crippen LogP) is 3.73. The normalized spacial score (nSPS) is 21.6. The molecule has 0 bridgehead atoms. The number of carbonyl (C=O) groups is 3. The van der Waals surface area contributed by atoms with Crippen LogP contribution in [0.25, 0.3) is 0 Å². The number of aliphatic imine (C=N–C) groups is 1. The molecule has 2 amide bonds. The number of allylic oxidation sites excluding steroid dienone is 1. The number of hydrogen-bond donors (Lipinski definition) is 3. The van der Waals surface area contributed by atoms with Gasteiger partial charge in [0.1, 0.15) is 5.70 Å². The fraction of sp³-hybridized carbons (Fsp3) is 0.214. The number of rotatable bonds is 7. The number of hydrazine groups is 2. The molecule has 1 fully saturated rings. The Morgan fingerprint density at radius 3 is 2.44 bits per heavy atom. The molecule has 2 aromatic rings. The molecule has 2 aromatic carbocycles. The van der Waals surface area contributed by atoms with Crippen molar-refractivity contribution in [3.05, 3.63) is 106 Å². The molecule has 41 heavy (non-hydrogen) atoms. The first-order chi connectivity index (χ1) is 19.8. The van der Waals surface area contributed by atoms with E-state index < -0.39 is 23.5 Å². The summed E-state index contributed by atoms with van der Waals surface area (Å²) < 4.78 is 5.97. The van der Waals surface area contributed by atoms with Crippen molar-refractivity contribution in [2.75, 3.05) is 5.75 Å². The van der Waals surface area contributed by atoms with Crippen LogP contribution in [0.1, 0.15) is 30.6 Å². The topological polar surface area (TPSA) is 141 Å². The lowest BCUT2D eigenvalue weighted by Gasteiger charge is -2.46. The molecule has 0 saturated carbocycles. The van der Waals surface area contributed by atoms with Gasteiger partial charge >= 0.3 is 12.1 Å². The predicted molar refractivity (Wildman–Crippen MR) is 155 cm³/mol. The standard InChI is InChI=1S/C28H26N6O5S2/c1-16-12-23(40-15-19-24(27(36)37)33-21(35)13-22(33)41-26(19)29)34-20(30-16)14-32(31-34)28(38)39-25(17-8-4-2-5-9-17)18-10-6-3-7-11-18/h2-12,14,22,25-26,31H,13,15,29H2,1H3,(H,36,37). The monoisotopic (exact) mass is 590 g/mol. The summed E-state index contributed by atoms with van der Waals surface area (Å²) in [5.41, 5.74) is 12.1. The van der Waals surface area contributed by atoms with E-state index in [-0.39, 0.29) is 29.2 Å². The van der Waals surface area contributed by atoms with Crippen molar-refractivity contribution in [2.45, 2.75) is 30.2 Å². The van der Waals surface area contributed by atoms with Gasteiger partial charge in [-0.15, -0.1) is 29.1 Å². The molecule has 2 unspecified atom stereocenters. The Kier molecular flexibility index (Phi) is 7.34. The number of aliphatic carboxylic acids is 1. The zero-order valence-electron chi connectivity index (χ0n) is 21.8. The van der Waals surface area contributed by atoms with E-state index in [9.17, 15) is 19.5 Å². The first-order valence-electron chi connectivity index (χ1n) is 12.8. The second-order valence-electron chi connectivity index (χ2n) is 9.56. The fourth-order valence-electron chi connectivity index (χ4n) is 4.85. The van der Waals surface area contributed by atoms with E-state index in [1.807, 2.05) is 73.7 Å². The van der Waals surface area contributed by atoms with Gasteiger partial charge in [-0.1, -0.05) is 60.7 Å². The van der Waals surface area contributed by atoms with Gasteiger partial charge in [0, 0.05) is 11.5 Å². The average molecular weight is 591 g/mol. The van der Waals surface area contributed by atoms with Gasteiger partial charge in [0.05, 0.1) is 28.4 Å². The molecule has 4 heterocycles. The molecule has 0 aliphatic carbocycles. The Balaban J connectivity index is 1.19. The third kappa shape index (κ3) is 5.24. The summed E-state index contributed by atoms with van der Waals surface area (Å²) in [7, 11) is 0. The highest BCUT2D eigenvalue weighted by Gasteiger charge is 2.47. The number of β-lactam (4-membered cyclic amide) rings is 1. The van der Waals surface area contributed by atoms with Gasteiger partial charge in [-0.3, -0.25) is 9.69 Å². The molecular formula is C28H26N6O5S2. The summed E-state index contributed by atoms with van der Waals surface area (Å²) in [6.07, 6.45) is 2.38. The Morgan fingerprint density at radius 2 is 1.83 bits per heavy atom. The smallest absolute Gasteiger partial charge is 0.431 e. The minimum absolute atomic E-state index is 0.0463. The maximum atomic E-state index is 13.4. The minimum Gasteiger partial charge on any atom is -0.477 e. The van der Waals surface area contributed by atoms with E-state index >= 15 is 0 Å². The lowest BCUT2D eigenvalue weighted by atomic mass is 10.0. The van der Waals surface area contributed by atoms with Crippen molar-refractivity contribution in [3.8, 4) is 0 Å². The number of nitrogens with one attached hydrogen (secondary N) is 1. The third-order valence-electron chi connectivity index (χ3n) is 6.82. The zero-order chi connectivity index (χ0) is 28.7. The number of hydrogen-bond acceptors (Lipinski definition) is 10. The number of nitrogens with two attached hydrogens (primary N) is 1. The first kappa shape index (κ1) is 27.1. The van der Waals surface area contributed by atoms with Crippen LogP contribution in [0.5, 0.6) is 0 Å². The highest BCUT2D eigenvalue weighted by atomic mass is 32.2. The number of carboxylic acid groups (broad SMARTS) is 1. The van der Waals surface area contributed by atoms with Crippen LogP contribution in [-0.4, -0.2) is 60.2 Å². The van der Waals surface area contributed by atoms with Crippen LogP contribution >= 0.6 is 23.5 Å². The molecule has 0 aromatic heterocycles. The van der Waals surface area contributed by atoms with Crippen LogP contribution in [0.15, 0.2) is 100 Å². The molecule has 0 spiro atoms. The van der Waals surface area contributed by atoms with Crippen molar-refractivity contribution in [1.82, 2.24) is 20.5 Å². The lowest BCUT2D eigenvalue weighted by Crippen LogP contribution is -2.56. The molecule has 4 N–H and O–H groups in total. The van der Waals surface area contributed by atoms with Gasteiger partial charge in [0.2, 0.25) is 5.91 Å². The number of benzene rings is 2. The van der Waals surface area contributed by atoms with Gasteiger partial charge < -0.3 is 15.6 Å². The van der Waals surface area contributed by atoms with E-state index in [1.165, 1.54) is 33.4 Å². The van der Waals surface area contributed by atoms with Crippen LogP contribution in [0, 0.1) is 0 Å². The van der Waals surface area contributed by atoms with E-state index in [2.05, 4.69) is 10.5 Å². The van der Waals surface area contributed by atoms with Gasteiger partial charge in [-0.05, 0) is 29.7 Å². The number of carboxylic acids is 1. The van der Waals surface area contributed by atoms with E-state index in [4.69, 9.17) is 10.5 Å². The van der Waals surface area contributed by atoms with Crippen LogP contribution < -0.4 is 11.3 Å². The molecule has 2 atom stereocenters. The minimum atomic E-state index is -1.18. The molecule has 4 aliphatic rings. The highest BCUT2D eigenvalue weighted by molar-refractivity contribution is 8.03. The summed E-state index contributed by atoms with van der Waals surface area (Å²) in [5, 5.41) is 12.6. The van der Waals surface area contributed by atoms with Gasteiger partial charge in [-0.2, -0.15) is 5.01 Å². The number of thioether (sulfide) groups is 2. The van der Waals surface area contributed by atoms with Gasteiger partial charge in [0.15, 0.2) is 11.9 Å². The summed E-state index contributed by atoms with van der Waals surface area (Å²) >= 11 is 2.71. The van der Waals surface area contributed by atoms with Crippen LogP contribution in [-0.2, 0) is 14.3 Å². The summed E-state index contributed by atoms with van der Waals surface area (Å²) in [5.74, 6) is -0.706. The largest absolute Gasteiger partial charge is 0.477 e. The maximum absolute atomic E-state index is 13.4. The zero-order valence-corrected chi connectivity index (χ0v) is 23.5. The second-order valence-corrected chi connectivity index (χ2v) is 11.9. The fourth-order valence-corrected chi connectivity index (χ4v) is 7.37. The molecular weight excluding hydrogens is 564 g/mol. The lowest BCUT2D eigenvalue weighted by molar-refractivity contribution is -0.146. The molecule has 210 valence electrons.